The van der Waals surface area contributed by atoms with E-state index >= 15 is 0 Å². The molecule has 26 heavy (non-hydrogen) atoms. The predicted molar refractivity (Wildman–Crippen MR) is 102 cm³/mol. The van der Waals surface area contributed by atoms with Crippen molar-refractivity contribution in [1.29, 1.82) is 0 Å². The molecule has 2 N–H and O–H groups in total. The van der Waals surface area contributed by atoms with Crippen LogP contribution in [0.25, 0.3) is 0 Å². The largest absolute Gasteiger partial charge is 0.450 e. The number of hydrogen-bond acceptors (Lipinski definition) is 3. The Balaban J connectivity index is 1.64. The number of carbonyl (C=O) groups is 2. The minimum atomic E-state index is -0.265. The third kappa shape index (κ3) is 6.24. The first-order chi connectivity index (χ1) is 12.5. The van der Waals surface area contributed by atoms with E-state index in [4.69, 9.17) is 4.74 Å². The summed E-state index contributed by atoms with van der Waals surface area (Å²) in [5.74, 6) is 0.531. The fourth-order valence-corrected chi connectivity index (χ4v) is 3.05. The zero-order valence-corrected chi connectivity index (χ0v) is 16.1. The van der Waals surface area contributed by atoms with Crippen LogP contribution >= 0.6 is 0 Å². The van der Waals surface area contributed by atoms with Gasteiger partial charge in [0.15, 0.2) is 0 Å². The quantitative estimate of drug-likeness (QED) is 0.817. The van der Waals surface area contributed by atoms with E-state index in [0.717, 1.165) is 19.3 Å². The van der Waals surface area contributed by atoms with Crippen molar-refractivity contribution in [2.75, 3.05) is 26.2 Å². The average molecular weight is 361 g/mol. The van der Waals surface area contributed by atoms with Gasteiger partial charge in [0.05, 0.1) is 6.61 Å². The van der Waals surface area contributed by atoms with Crippen molar-refractivity contribution in [3.8, 4) is 0 Å². The van der Waals surface area contributed by atoms with Crippen molar-refractivity contribution in [2.24, 2.45) is 0 Å². The van der Waals surface area contributed by atoms with Crippen molar-refractivity contribution in [3.05, 3.63) is 35.4 Å². The van der Waals surface area contributed by atoms with Crippen molar-refractivity contribution < 1.29 is 14.3 Å². The minimum absolute atomic E-state index is 0.103. The number of likely N-dealkylation sites (tertiary alicyclic amines) is 1. The maximum atomic E-state index is 12.0. The van der Waals surface area contributed by atoms with E-state index in [1.807, 2.05) is 0 Å². The molecule has 6 nitrogen and oxygen atoms in total. The monoisotopic (exact) mass is 361 g/mol. The van der Waals surface area contributed by atoms with Gasteiger partial charge in [0.1, 0.15) is 0 Å². The normalized spacial score (nSPS) is 15.0. The van der Waals surface area contributed by atoms with E-state index in [-0.39, 0.29) is 18.2 Å². The van der Waals surface area contributed by atoms with E-state index < -0.39 is 0 Å². The first-order valence-corrected chi connectivity index (χ1v) is 9.54. The van der Waals surface area contributed by atoms with Crippen LogP contribution in [0.4, 0.5) is 9.59 Å². The molecule has 0 unspecified atom stereocenters. The summed E-state index contributed by atoms with van der Waals surface area (Å²) in [6.45, 7) is 8.39. The maximum absolute atomic E-state index is 12.0. The molecular formula is C20H31N3O3. The van der Waals surface area contributed by atoms with E-state index in [0.29, 0.717) is 32.2 Å². The van der Waals surface area contributed by atoms with Crippen molar-refractivity contribution in [3.63, 3.8) is 0 Å². The van der Waals surface area contributed by atoms with Crippen LogP contribution in [0.1, 0.15) is 50.7 Å². The highest BCUT2D eigenvalue weighted by atomic mass is 16.6. The average Bonchev–Trinajstić information content (AvgIpc) is 2.63. The van der Waals surface area contributed by atoms with Gasteiger partial charge in [-0.3, -0.25) is 0 Å². The number of amides is 3. The smallest absolute Gasteiger partial charge is 0.409 e. The summed E-state index contributed by atoms with van der Waals surface area (Å²) in [7, 11) is 0. The molecule has 3 amide bonds. The highest BCUT2D eigenvalue weighted by molar-refractivity contribution is 5.74. The van der Waals surface area contributed by atoms with Gasteiger partial charge in [-0.2, -0.15) is 0 Å². The zero-order chi connectivity index (χ0) is 18.9. The number of nitrogens with zero attached hydrogens (tertiary/aromatic N) is 1. The molecule has 0 aromatic heterocycles. The lowest BCUT2D eigenvalue weighted by molar-refractivity contribution is 0.0957. The fraction of sp³-hybridized carbons (Fsp3) is 0.600. The minimum Gasteiger partial charge on any atom is -0.450 e. The Hall–Kier alpha value is -2.24. The van der Waals surface area contributed by atoms with Gasteiger partial charge in [-0.15, -0.1) is 0 Å². The molecule has 1 heterocycles. The molecular weight excluding hydrogens is 330 g/mol. The van der Waals surface area contributed by atoms with Crippen LogP contribution in [0.5, 0.6) is 0 Å². The number of benzene rings is 1. The number of ether oxygens (including phenoxy) is 1. The second-order valence-corrected chi connectivity index (χ2v) is 7.01. The van der Waals surface area contributed by atoms with Crippen molar-refractivity contribution >= 4 is 12.1 Å². The predicted octanol–water partition coefficient (Wildman–Crippen LogP) is 3.27. The summed E-state index contributed by atoms with van der Waals surface area (Å²) in [6.07, 6.45) is 2.05. The molecule has 6 heteroatoms. The number of rotatable bonds is 6. The highest BCUT2D eigenvalue weighted by Gasteiger charge is 2.24. The van der Waals surface area contributed by atoms with Crippen LogP contribution in [0.3, 0.4) is 0 Å². The molecule has 0 atom stereocenters. The Bertz CT molecular complexity index is 578. The van der Waals surface area contributed by atoms with Crippen molar-refractivity contribution in [1.82, 2.24) is 15.5 Å². The van der Waals surface area contributed by atoms with Crippen LogP contribution in [-0.4, -0.2) is 49.3 Å². The van der Waals surface area contributed by atoms with Gasteiger partial charge < -0.3 is 20.3 Å². The third-order valence-electron chi connectivity index (χ3n) is 4.70. The molecule has 2 rings (SSSR count). The summed E-state index contributed by atoms with van der Waals surface area (Å²) in [5, 5.41) is 5.91. The van der Waals surface area contributed by atoms with Crippen LogP contribution < -0.4 is 10.6 Å². The summed E-state index contributed by atoms with van der Waals surface area (Å²) in [5.41, 5.74) is 2.55. The lowest BCUT2D eigenvalue weighted by atomic mass is 10.0. The molecule has 0 spiro atoms. The summed E-state index contributed by atoms with van der Waals surface area (Å²) < 4.78 is 5.00. The molecule has 0 bridgehead atoms. The second-order valence-electron chi connectivity index (χ2n) is 7.01. The highest BCUT2D eigenvalue weighted by Crippen LogP contribution is 2.15. The number of urea groups is 1. The molecule has 144 valence electrons. The number of hydrogen-bond donors (Lipinski definition) is 2. The van der Waals surface area contributed by atoms with Crippen molar-refractivity contribution in [2.45, 2.75) is 52.0 Å². The van der Waals surface area contributed by atoms with E-state index in [1.165, 1.54) is 11.1 Å². The number of nitrogens with one attached hydrogen (secondary N) is 2. The number of carbonyl (C=O) groups excluding carboxylic acids is 2. The Labute approximate surface area is 156 Å². The first kappa shape index (κ1) is 20.1. The Morgan fingerprint density at radius 3 is 2.42 bits per heavy atom. The van der Waals surface area contributed by atoms with Gasteiger partial charge in [0, 0.05) is 25.7 Å². The van der Waals surface area contributed by atoms with Crippen LogP contribution in [-0.2, 0) is 11.2 Å². The standard InChI is InChI=1S/C20H31N3O3/c1-4-26-20(25)23-13-10-18(11-14-23)22-19(24)21-12-9-16-5-7-17(8-6-16)15(2)3/h5-8,15,18H,4,9-14H2,1-3H3,(H2,21,22,24). The molecule has 1 fully saturated rings. The Kier molecular flexibility index (Phi) is 7.75. The molecule has 0 aliphatic carbocycles. The Morgan fingerprint density at radius 1 is 1.19 bits per heavy atom. The van der Waals surface area contributed by atoms with Gasteiger partial charge in [0.2, 0.25) is 0 Å². The van der Waals surface area contributed by atoms with E-state index in [2.05, 4.69) is 48.7 Å². The van der Waals surface area contributed by atoms with Gasteiger partial charge in [-0.05, 0) is 43.2 Å². The van der Waals surface area contributed by atoms with E-state index in [9.17, 15) is 9.59 Å². The SMILES string of the molecule is CCOC(=O)N1CCC(NC(=O)NCCc2ccc(C(C)C)cc2)CC1. The van der Waals surface area contributed by atoms with Gasteiger partial charge in [0.25, 0.3) is 0 Å². The third-order valence-corrected chi connectivity index (χ3v) is 4.70. The maximum Gasteiger partial charge on any atom is 0.409 e. The lowest BCUT2D eigenvalue weighted by Crippen LogP contribution is -2.49. The van der Waals surface area contributed by atoms with Gasteiger partial charge in [-0.1, -0.05) is 38.1 Å². The second kappa shape index (κ2) is 10.0. The lowest BCUT2D eigenvalue weighted by Gasteiger charge is -2.31. The molecule has 0 saturated carbocycles. The zero-order valence-electron chi connectivity index (χ0n) is 16.1. The summed E-state index contributed by atoms with van der Waals surface area (Å²) in [4.78, 5) is 25.4. The molecule has 0 radical (unpaired) electrons. The molecule has 1 aromatic carbocycles. The van der Waals surface area contributed by atoms with Crippen LogP contribution in [0.2, 0.25) is 0 Å². The molecule has 1 saturated heterocycles. The van der Waals surface area contributed by atoms with E-state index in [1.54, 1.807) is 11.8 Å². The van der Waals surface area contributed by atoms with Crippen LogP contribution in [0.15, 0.2) is 24.3 Å². The molecule has 1 aliphatic rings. The first-order valence-electron chi connectivity index (χ1n) is 9.54. The molecule has 1 aromatic rings. The topological polar surface area (TPSA) is 70.7 Å². The van der Waals surface area contributed by atoms with Gasteiger partial charge in [-0.25, -0.2) is 9.59 Å². The Morgan fingerprint density at radius 2 is 1.85 bits per heavy atom. The fourth-order valence-electron chi connectivity index (χ4n) is 3.05. The van der Waals surface area contributed by atoms with Crippen LogP contribution in [0, 0.1) is 0 Å². The van der Waals surface area contributed by atoms with Gasteiger partial charge >= 0.3 is 12.1 Å². The molecule has 1 aliphatic heterocycles. The summed E-state index contributed by atoms with van der Waals surface area (Å²) in [6, 6.07) is 8.51. The summed E-state index contributed by atoms with van der Waals surface area (Å²) >= 11 is 0. The number of piperidine rings is 1.